The molecule has 28 heavy (non-hydrogen) atoms. The maximum Gasteiger partial charge on any atom is 0.276 e. The number of hydrogen-bond acceptors (Lipinski definition) is 4. The lowest BCUT2D eigenvalue weighted by Crippen LogP contribution is -2.50. The van der Waals surface area contributed by atoms with Crippen molar-refractivity contribution in [3.63, 3.8) is 0 Å². The summed E-state index contributed by atoms with van der Waals surface area (Å²) in [5, 5.41) is 0. The summed E-state index contributed by atoms with van der Waals surface area (Å²) in [7, 11) is 0. The van der Waals surface area contributed by atoms with E-state index in [1.165, 1.54) is 12.5 Å². The molecule has 2 aliphatic rings. The normalized spacial score (nSPS) is 22.3. The van der Waals surface area contributed by atoms with E-state index in [-0.39, 0.29) is 24.1 Å². The zero-order valence-electron chi connectivity index (χ0n) is 15.6. The number of piperidine rings is 1. The number of aromatic nitrogens is 1. The highest BCUT2D eigenvalue weighted by Crippen LogP contribution is 2.41. The van der Waals surface area contributed by atoms with Crippen molar-refractivity contribution >= 4 is 11.8 Å². The number of hydrogen-bond donors (Lipinski definition) is 0. The molecular weight excluding hydrogens is 368 g/mol. The smallest absolute Gasteiger partial charge is 0.276 e. The summed E-state index contributed by atoms with van der Waals surface area (Å²) in [6.07, 6.45) is 3.34. The zero-order valence-corrected chi connectivity index (χ0v) is 15.6. The van der Waals surface area contributed by atoms with E-state index < -0.39 is 17.0 Å². The summed E-state index contributed by atoms with van der Waals surface area (Å²) in [4.78, 5) is 33.2. The molecule has 1 aromatic carbocycles. The van der Waals surface area contributed by atoms with Crippen molar-refractivity contribution < 1.29 is 22.8 Å². The molecule has 2 amide bonds. The van der Waals surface area contributed by atoms with Crippen molar-refractivity contribution in [2.24, 2.45) is 5.41 Å². The van der Waals surface area contributed by atoms with Crippen LogP contribution in [0.1, 0.15) is 41.1 Å². The summed E-state index contributed by atoms with van der Waals surface area (Å²) in [6.45, 7) is 3.30. The van der Waals surface area contributed by atoms with E-state index in [0.717, 1.165) is 18.6 Å². The fourth-order valence-corrected chi connectivity index (χ4v) is 4.25. The van der Waals surface area contributed by atoms with Crippen LogP contribution in [0.25, 0.3) is 0 Å². The van der Waals surface area contributed by atoms with Gasteiger partial charge in [-0.1, -0.05) is 6.07 Å². The van der Waals surface area contributed by atoms with Gasteiger partial charge in [0.05, 0.1) is 5.41 Å². The summed E-state index contributed by atoms with van der Waals surface area (Å²) in [5.41, 5.74) is 0.205. The third-order valence-corrected chi connectivity index (χ3v) is 5.77. The Hall–Kier alpha value is -2.77. The molecule has 0 saturated carbocycles. The van der Waals surface area contributed by atoms with Crippen molar-refractivity contribution in [2.45, 2.75) is 32.7 Å². The Morgan fingerprint density at radius 1 is 1.25 bits per heavy atom. The van der Waals surface area contributed by atoms with Crippen molar-refractivity contribution in [2.75, 3.05) is 19.6 Å². The number of rotatable bonds is 3. The molecule has 0 N–H and O–H groups in total. The number of likely N-dealkylation sites (tertiary alicyclic amines) is 2. The van der Waals surface area contributed by atoms with Gasteiger partial charge in [0.1, 0.15) is 5.76 Å². The van der Waals surface area contributed by atoms with Crippen LogP contribution in [0.4, 0.5) is 8.78 Å². The molecule has 1 spiro atoms. The summed E-state index contributed by atoms with van der Waals surface area (Å²) < 4.78 is 31.8. The number of halogens is 2. The van der Waals surface area contributed by atoms with Gasteiger partial charge in [-0.25, -0.2) is 13.8 Å². The number of nitrogens with zero attached hydrogens (tertiary/aromatic N) is 3. The number of oxazole rings is 1. The van der Waals surface area contributed by atoms with Crippen LogP contribution < -0.4 is 0 Å². The fraction of sp³-hybridized carbons (Fsp3) is 0.450. The molecule has 0 radical (unpaired) electrons. The molecule has 2 aliphatic heterocycles. The first-order chi connectivity index (χ1) is 13.4. The Balaban J connectivity index is 1.49. The number of aryl methyl sites for hydroxylation is 1. The maximum atomic E-state index is 13.5. The second-order valence-corrected chi connectivity index (χ2v) is 7.59. The molecular formula is C20H21F2N3O3. The average molecular weight is 389 g/mol. The van der Waals surface area contributed by atoms with Crippen molar-refractivity contribution in [3.8, 4) is 0 Å². The van der Waals surface area contributed by atoms with Crippen LogP contribution in [0.2, 0.25) is 0 Å². The maximum absolute atomic E-state index is 13.5. The van der Waals surface area contributed by atoms with E-state index in [4.69, 9.17) is 4.42 Å². The third-order valence-electron chi connectivity index (χ3n) is 5.77. The van der Waals surface area contributed by atoms with Crippen LogP contribution in [0.15, 0.2) is 29.0 Å². The molecule has 1 aromatic heterocycles. The topological polar surface area (TPSA) is 66.7 Å². The number of carbonyl (C=O) groups is 2. The first-order valence-electron chi connectivity index (χ1n) is 9.32. The van der Waals surface area contributed by atoms with E-state index in [2.05, 4.69) is 4.98 Å². The van der Waals surface area contributed by atoms with Gasteiger partial charge in [0, 0.05) is 26.2 Å². The van der Waals surface area contributed by atoms with Crippen molar-refractivity contribution in [3.05, 3.63) is 53.2 Å². The van der Waals surface area contributed by atoms with E-state index in [1.54, 1.807) is 16.7 Å². The van der Waals surface area contributed by atoms with Crippen LogP contribution in [0.5, 0.6) is 0 Å². The minimum absolute atomic E-state index is 0.0318. The highest BCUT2D eigenvalue weighted by atomic mass is 19.2. The molecule has 3 heterocycles. The second kappa shape index (κ2) is 7.00. The van der Waals surface area contributed by atoms with Crippen LogP contribution in [-0.4, -0.2) is 46.2 Å². The van der Waals surface area contributed by atoms with E-state index in [0.29, 0.717) is 43.8 Å². The molecule has 2 fully saturated rings. The highest BCUT2D eigenvalue weighted by molar-refractivity contribution is 5.94. The molecule has 0 aliphatic carbocycles. The predicted molar refractivity (Wildman–Crippen MR) is 95.2 cm³/mol. The van der Waals surface area contributed by atoms with E-state index >= 15 is 0 Å². The fourth-order valence-electron chi connectivity index (χ4n) is 4.25. The van der Waals surface area contributed by atoms with Gasteiger partial charge in [-0.05, 0) is 43.9 Å². The summed E-state index contributed by atoms with van der Waals surface area (Å²) in [5.74, 6) is -1.62. The molecule has 2 saturated heterocycles. The Labute approximate surface area is 161 Å². The van der Waals surface area contributed by atoms with Crippen molar-refractivity contribution in [1.82, 2.24) is 14.8 Å². The molecule has 6 nitrogen and oxygen atoms in total. The number of benzene rings is 1. The SMILES string of the molecule is Cc1ocnc1C(=O)N1CCC2(CCCN(Cc3ccc(F)c(F)c3)C2=O)C1. The highest BCUT2D eigenvalue weighted by Gasteiger charge is 2.49. The minimum atomic E-state index is -0.919. The third kappa shape index (κ3) is 3.16. The first-order valence-corrected chi connectivity index (χ1v) is 9.32. The Morgan fingerprint density at radius 3 is 2.79 bits per heavy atom. The second-order valence-electron chi connectivity index (χ2n) is 7.59. The molecule has 0 bridgehead atoms. The molecule has 1 atom stereocenters. The zero-order chi connectivity index (χ0) is 19.9. The Morgan fingerprint density at radius 2 is 2.07 bits per heavy atom. The Kier molecular flexibility index (Phi) is 4.64. The average Bonchev–Trinajstić information content (AvgIpc) is 3.29. The molecule has 1 unspecified atom stereocenters. The van der Waals surface area contributed by atoms with Gasteiger partial charge in [-0.2, -0.15) is 0 Å². The van der Waals surface area contributed by atoms with Gasteiger partial charge in [-0.3, -0.25) is 9.59 Å². The lowest BCUT2D eigenvalue weighted by Gasteiger charge is -2.39. The van der Waals surface area contributed by atoms with Gasteiger partial charge in [0.2, 0.25) is 5.91 Å². The standard InChI is InChI=1S/C20H21F2N3O3/c1-13-17(23-12-28-13)18(26)25-8-6-20(11-25)5-2-7-24(19(20)27)10-14-3-4-15(21)16(22)9-14/h3-4,9,12H,2,5-8,10-11H2,1H3. The molecule has 8 heteroatoms. The van der Waals surface area contributed by atoms with Crippen molar-refractivity contribution in [1.29, 1.82) is 0 Å². The lowest BCUT2D eigenvalue weighted by molar-refractivity contribution is -0.146. The lowest BCUT2D eigenvalue weighted by atomic mass is 9.78. The summed E-state index contributed by atoms with van der Waals surface area (Å²) >= 11 is 0. The predicted octanol–water partition coefficient (Wildman–Crippen LogP) is 2.92. The molecule has 4 rings (SSSR count). The van der Waals surface area contributed by atoms with Crippen LogP contribution in [-0.2, 0) is 11.3 Å². The van der Waals surface area contributed by atoms with Crippen LogP contribution in [0, 0.1) is 24.0 Å². The molecule has 2 aromatic rings. The molecule has 148 valence electrons. The number of amides is 2. The number of carbonyl (C=O) groups excluding carboxylic acids is 2. The first kappa shape index (κ1) is 18.6. The van der Waals surface area contributed by atoms with Gasteiger partial charge in [0.15, 0.2) is 23.7 Å². The van der Waals surface area contributed by atoms with Crippen LogP contribution >= 0.6 is 0 Å². The van der Waals surface area contributed by atoms with Gasteiger partial charge < -0.3 is 14.2 Å². The quantitative estimate of drug-likeness (QED) is 0.810. The van der Waals surface area contributed by atoms with Gasteiger partial charge in [0.25, 0.3) is 5.91 Å². The largest absolute Gasteiger partial charge is 0.448 e. The summed E-state index contributed by atoms with van der Waals surface area (Å²) in [6, 6.07) is 3.69. The monoisotopic (exact) mass is 389 g/mol. The minimum Gasteiger partial charge on any atom is -0.448 e. The van der Waals surface area contributed by atoms with Gasteiger partial charge in [-0.15, -0.1) is 0 Å². The Bertz CT molecular complexity index is 929. The van der Waals surface area contributed by atoms with Gasteiger partial charge >= 0.3 is 0 Å². The van der Waals surface area contributed by atoms with E-state index in [9.17, 15) is 18.4 Å². The van der Waals surface area contributed by atoms with E-state index in [1.807, 2.05) is 0 Å². The van der Waals surface area contributed by atoms with Crippen LogP contribution in [0.3, 0.4) is 0 Å².